The molecule has 0 radical (unpaired) electrons. The van der Waals surface area contributed by atoms with Gasteiger partial charge in [0.1, 0.15) is 6.29 Å². The van der Waals surface area contributed by atoms with E-state index in [-0.39, 0.29) is 5.92 Å². The van der Waals surface area contributed by atoms with Crippen molar-refractivity contribution in [1.29, 1.82) is 0 Å². The normalized spacial score (nSPS) is 26.9. The minimum absolute atomic E-state index is 0.196. The summed E-state index contributed by atoms with van der Waals surface area (Å²) in [4.78, 5) is 13.2. The van der Waals surface area contributed by atoms with Crippen LogP contribution in [0.4, 0.5) is 0 Å². The summed E-state index contributed by atoms with van der Waals surface area (Å²) in [6.45, 7) is 6.43. The van der Waals surface area contributed by atoms with Crippen LogP contribution in [0.25, 0.3) is 0 Å². The summed E-state index contributed by atoms with van der Waals surface area (Å²) < 4.78 is 0. The second-order valence-electron chi connectivity index (χ2n) is 4.52. The Morgan fingerprint density at radius 2 is 2.21 bits per heavy atom. The largest absolute Gasteiger partial charge is 0.303 e. The summed E-state index contributed by atoms with van der Waals surface area (Å²) in [5, 5.41) is 0. The standard InChI is InChI=1S/C12H23NO/c1-3-12-7-5-4-6-8-13(12)9-11(2)10-14/h10-12H,3-9H2,1-2H3. The molecular formula is C12H23NO. The van der Waals surface area contributed by atoms with Gasteiger partial charge in [-0.1, -0.05) is 26.7 Å². The lowest BCUT2D eigenvalue weighted by Gasteiger charge is -2.30. The van der Waals surface area contributed by atoms with Crippen LogP contribution in [0.15, 0.2) is 0 Å². The van der Waals surface area contributed by atoms with E-state index in [1.807, 2.05) is 6.92 Å². The molecule has 0 saturated carbocycles. The highest BCUT2D eigenvalue weighted by molar-refractivity contribution is 5.53. The van der Waals surface area contributed by atoms with E-state index in [1.165, 1.54) is 38.6 Å². The zero-order chi connectivity index (χ0) is 10.4. The molecule has 0 aromatic rings. The lowest BCUT2D eigenvalue weighted by atomic mass is 10.1. The van der Waals surface area contributed by atoms with Gasteiger partial charge in [-0.05, 0) is 25.8 Å². The van der Waals surface area contributed by atoms with Crippen LogP contribution in [0.2, 0.25) is 0 Å². The lowest BCUT2D eigenvalue weighted by molar-refractivity contribution is -0.111. The number of likely N-dealkylation sites (tertiary alicyclic amines) is 1. The predicted molar refractivity (Wildman–Crippen MR) is 59.3 cm³/mol. The second kappa shape index (κ2) is 6.18. The quantitative estimate of drug-likeness (QED) is 0.645. The van der Waals surface area contributed by atoms with Crippen LogP contribution in [0.5, 0.6) is 0 Å². The molecule has 2 atom stereocenters. The molecule has 0 aromatic heterocycles. The van der Waals surface area contributed by atoms with Crippen LogP contribution in [-0.4, -0.2) is 30.3 Å². The summed E-state index contributed by atoms with van der Waals surface area (Å²) in [6.07, 6.45) is 7.67. The van der Waals surface area contributed by atoms with E-state index in [1.54, 1.807) is 0 Å². The molecular weight excluding hydrogens is 174 g/mol. The van der Waals surface area contributed by atoms with Crippen molar-refractivity contribution in [3.05, 3.63) is 0 Å². The molecule has 1 aliphatic rings. The molecule has 1 rings (SSSR count). The zero-order valence-electron chi connectivity index (χ0n) is 9.54. The molecule has 0 N–H and O–H groups in total. The molecule has 1 saturated heterocycles. The molecule has 0 amide bonds. The number of nitrogens with zero attached hydrogens (tertiary/aromatic N) is 1. The van der Waals surface area contributed by atoms with E-state index < -0.39 is 0 Å². The van der Waals surface area contributed by atoms with E-state index in [2.05, 4.69) is 11.8 Å². The first-order valence-corrected chi connectivity index (χ1v) is 5.97. The first kappa shape index (κ1) is 11.7. The highest BCUT2D eigenvalue weighted by atomic mass is 16.1. The fraction of sp³-hybridized carbons (Fsp3) is 0.917. The summed E-state index contributed by atoms with van der Waals surface area (Å²) in [7, 11) is 0. The molecule has 1 fully saturated rings. The third-order valence-corrected chi connectivity index (χ3v) is 3.23. The zero-order valence-corrected chi connectivity index (χ0v) is 9.54. The minimum Gasteiger partial charge on any atom is -0.303 e. The van der Waals surface area contributed by atoms with E-state index in [9.17, 15) is 4.79 Å². The fourth-order valence-electron chi connectivity index (χ4n) is 2.35. The molecule has 1 heterocycles. The van der Waals surface area contributed by atoms with Gasteiger partial charge in [0.25, 0.3) is 0 Å². The summed E-state index contributed by atoms with van der Waals surface area (Å²) in [6, 6.07) is 0.722. The predicted octanol–water partition coefficient (Wildman–Crippen LogP) is 2.48. The van der Waals surface area contributed by atoms with Crippen molar-refractivity contribution in [2.45, 2.75) is 52.0 Å². The van der Waals surface area contributed by atoms with Gasteiger partial charge in [-0.2, -0.15) is 0 Å². The van der Waals surface area contributed by atoms with E-state index in [0.717, 1.165) is 18.9 Å². The summed E-state index contributed by atoms with van der Waals surface area (Å²) in [5.41, 5.74) is 0. The number of carbonyl (C=O) groups is 1. The SMILES string of the molecule is CCC1CCCCCN1CC(C)C=O. The second-order valence-corrected chi connectivity index (χ2v) is 4.52. The van der Waals surface area contributed by atoms with Crippen molar-refractivity contribution in [2.24, 2.45) is 5.92 Å². The molecule has 0 aliphatic carbocycles. The third-order valence-electron chi connectivity index (χ3n) is 3.23. The first-order valence-electron chi connectivity index (χ1n) is 5.97. The third kappa shape index (κ3) is 3.41. The highest BCUT2D eigenvalue weighted by Crippen LogP contribution is 2.19. The maximum absolute atomic E-state index is 10.6. The van der Waals surface area contributed by atoms with Crippen LogP contribution in [-0.2, 0) is 4.79 Å². The van der Waals surface area contributed by atoms with Gasteiger partial charge in [0, 0.05) is 18.5 Å². The Morgan fingerprint density at radius 3 is 2.86 bits per heavy atom. The fourth-order valence-corrected chi connectivity index (χ4v) is 2.35. The Hall–Kier alpha value is -0.370. The van der Waals surface area contributed by atoms with Gasteiger partial charge in [-0.15, -0.1) is 0 Å². The number of carbonyl (C=O) groups excluding carboxylic acids is 1. The maximum atomic E-state index is 10.6. The van der Waals surface area contributed by atoms with Crippen LogP contribution in [0.1, 0.15) is 46.0 Å². The van der Waals surface area contributed by atoms with Crippen molar-refractivity contribution in [3.63, 3.8) is 0 Å². The molecule has 0 spiro atoms. The number of rotatable bonds is 4. The van der Waals surface area contributed by atoms with Crippen molar-refractivity contribution in [3.8, 4) is 0 Å². The monoisotopic (exact) mass is 197 g/mol. The van der Waals surface area contributed by atoms with Crippen molar-refractivity contribution in [1.82, 2.24) is 4.90 Å². The van der Waals surface area contributed by atoms with E-state index in [4.69, 9.17) is 0 Å². The molecule has 2 heteroatoms. The Kier molecular flexibility index (Phi) is 5.16. The topological polar surface area (TPSA) is 20.3 Å². The van der Waals surface area contributed by atoms with Crippen molar-refractivity contribution in [2.75, 3.05) is 13.1 Å². The van der Waals surface area contributed by atoms with Gasteiger partial charge in [0.2, 0.25) is 0 Å². The summed E-state index contributed by atoms with van der Waals surface area (Å²) in [5.74, 6) is 0.196. The Balaban J connectivity index is 2.47. The number of hydrogen-bond donors (Lipinski definition) is 0. The molecule has 0 bridgehead atoms. The molecule has 14 heavy (non-hydrogen) atoms. The molecule has 2 nitrogen and oxygen atoms in total. The van der Waals surface area contributed by atoms with Crippen LogP contribution in [0.3, 0.4) is 0 Å². The smallest absolute Gasteiger partial charge is 0.124 e. The van der Waals surface area contributed by atoms with Crippen LogP contribution < -0.4 is 0 Å². The van der Waals surface area contributed by atoms with Gasteiger partial charge < -0.3 is 4.79 Å². The Labute approximate surface area is 87.7 Å². The van der Waals surface area contributed by atoms with Crippen molar-refractivity contribution >= 4 is 6.29 Å². The highest BCUT2D eigenvalue weighted by Gasteiger charge is 2.20. The molecule has 2 unspecified atom stereocenters. The van der Waals surface area contributed by atoms with Gasteiger partial charge in [0.15, 0.2) is 0 Å². The van der Waals surface area contributed by atoms with Crippen LogP contribution >= 0.6 is 0 Å². The van der Waals surface area contributed by atoms with E-state index >= 15 is 0 Å². The van der Waals surface area contributed by atoms with Gasteiger partial charge >= 0.3 is 0 Å². The molecule has 0 aromatic carbocycles. The van der Waals surface area contributed by atoms with Crippen LogP contribution in [0, 0.1) is 5.92 Å². The Bertz CT molecular complexity index is 170. The Morgan fingerprint density at radius 1 is 1.43 bits per heavy atom. The lowest BCUT2D eigenvalue weighted by Crippen LogP contribution is -2.37. The first-order chi connectivity index (χ1) is 6.77. The van der Waals surface area contributed by atoms with Crippen molar-refractivity contribution < 1.29 is 4.79 Å². The molecule has 1 aliphatic heterocycles. The van der Waals surface area contributed by atoms with Gasteiger partial charge in [0.05, 0.1) is 0 Å². The average Bonchev–Trinajstić information content (AvgIpc) is 2.42. The van der Waals surface area contributed by atoms with Gasteiger partial charge in [-0.25, -0.2) is 0 Å². The summed E-state index contributed by atoms with van der Waals surface area (Å²) >= 11 is 0. The molecule has 82 valence electrons. The minimum atomic E-state index is 0.196. The van der Waals surface area contributed by atoms with E-state index in [0.29, 0.717) is 0 Å². The van der Waals surface area contributed by atoms with Gasteiger partial charge in [-0.3, -0.25) is 4.90 Å². The average molecular weight is 197 g/mol. The maximum Gasteiger partial charge on any atom is 0.124 e. The number of aldehydes is 1. The number of hydrogen-bond acceptors (Lipinski definition) is 2.